The lowest BCUT2D eigenvalue weighted by Gasteiger charge is -2.43. The number of hydrogen-bond donors (Lipinski definition) is 1. The highest BCUT2D eigenvalue weighted by molar-refractivity contribution is 5.12. The molecule has 0 bridgehead atoms. The van der Waals surface area contributed by atoms with Crippen LogP contribution in [0.1, 0.15) is 39.5 Å². The molecule has 1 saturated carbocycles. The van der Waals surface area contributed by atoms with Crippen LogP contribution in [-0.2, 0) is 0 Å². The Balaban J connectivity index is 1.85. The summed E-state index contributed by atoms with van der Waals surface area (Å²) in [5.74, 6) is 0.391. The van der Waals surface area contributed by atoms with E-state index in [1.165, 1.54) is 0 Å². The van der Waals surface area contributed by atoms with Crippen molar-refractivity contribution in [2.45, 2.75) is 57.2 Å². The minimum atomic E-state index is -0.552. The van der Waals surface area contributed by atoms with Gasteiger partial charge in [0.2, 0.25) is 0 Å². The first-order chi connectivity index (χ1) is 8.96. The molecule has 2 fully saturated rings. The Morgan fingerprint density at radius 2 is 1.95 bits per heavy atom. The minimum absolute atomic E-state index is 0.391. The van der Waals surface area contributed by atoms with Crippen LogP contribution < -0.4 is 5.73 Å². The monoisotopic (exact) mass is 264 g/mol. The summed E-state index contributed by atoms with van der Waals surface area (Å²) in [6, 6.07) is 3.59. The molecule has 108 valence electrons. The number of hydrogen-bond acceptors (Lipinski definition) is 4. The smallest absolute Gasteiger partial charge is 0.107 e. The zero-order valence-electron chi connectivity index (χ0n) is 12.6. The number of rotatable bonds is 3. The molecule has 2 aliphatic rings. The standard InChI is InChI=1S/C15H28N4/c1-12-9-19(10-13(2)18(12)3)8-6-14-5-4-7-15(14,17)11-16/h12-14H,4-10,17H2,1-3H3. The number of likely N-dealkylation sites (N-methyl/N-ethyl adjacent to an activating group) is 1. The summed E-state index contributed by atoms with van der Waals surface area (Å²) in [5, 5.41) is 9.26. The molecule has 4 nitrogen and oxygen atoms in total. The van der Waals surface area contributed by atoms with Gasteiger partial charge in [0.25, 0.3) is 0 Å². The molecule has 4 heteroatoms. The third kappa shape index (κ3) is 3.10. The van der Waals surface area contributed by atoms with Gasteiger partial charge in [-0.3, -0.25) is 4.90 Å². The second kappa shape index (κ2) is 5.78. The average molecular weight is 264 g/mol. The van der Waals surface area contributed by atoms with Crippen molar-refractivity contribution in [3.05, 3.63) is 0 Å². The van der Waals surface area contributed by atoms with Gasteiger partial charge in [0.1, 0.15) is 5.54 Å². The highest BCUT2D eigenvalue weighted by Crippen LogP contribution is 2.35. The normalized spacial score (nSPS) is 41.3. The Kier molecular flexibility index (Phi) is 4.50. The van der Waals surface area contributed by atoms with E-state index in [9.17, 15) is 5.26 Å². The van der Waals surface area contributed by atoms with Gasteiger partial charge in [-0.25, -0.2) is 0 Å². The van der Waals surface area contributed by atoms with E-state index in [0.29, 0.717) is 18.0 Å². The van der Waals surface area contributed by atoms with Gasteiger partial charge in [-0.1, -0.05) is 6.42 Å². The Hall–Kier alpha value is -0.630. The van der Waals surface area contributed by atoms with Crippen molar-refractivity contribution in [3.8, 4) is 6.07 Å². The van der Waals surface area contributed by atoms with Gasteiger partial charge < -0.3 is 10.6 Å². The first-order valence-electron chi connectivity index (χ1n) is 7.60. The van der Waals surface area contributed by atoms with Gasteiger partial charge in [-0.2, -0.15) is 5.26 Å². The summed E-state index contributed by atoms with van der Waals surface area (Å²) >= 11 is 0. The minimum Gasteiger partial charge on any atom is -0.313 e. The number of nitriles is 1. The number of nitrogens with two attached hydrogens (primary N) is 1. The first kappa shape index (κ1) is 14.8. The molecule has 2 rings (SSSR count). The van der Waals surface area contributed by atoms with Crippen LogP contribution in [0.2, 0.25) is 0 Å². The molecule has 1 aliphatic carbocycles. The topological polar surface area (TPSA) is 56.3 Å². The van der Waals surface area contributed by atoms with E-state index in [4.69, 9.17) is 5.73 Å². The van der Waals surface area contributed by atoms with E-state index in [1.54, 1.807) is 0 Å². The van der Waals surface area contributed by atoms with E-state index in [1.807, 2.05) is 0 Å². The molecular weight excluding hydrogens is 236 g/mol. The van der Waals surface area contributed by atoms with Crippen molar-refractivity contribution < 1.29 is 0 Å². The summed E-state index contributed by atoms with van der Waals surface area (Å²) in [6.07, 6.45) is 4.20. The molecule has 4 unspecified atom stereocenters. The van der Waals surface area contributed by atoms with E-state index >= 15 is 0 Å². The summed E-state index contributed by atoms with van der Waals surface area (Å²) in [4.78, 5) is 5.00. The lowest BCUT2D eigenvalue weighted by atomic mass is 9.87. The Morgan fingerprint density at radius 1 is 1.32 bits per heavy atom. The van der Waals surface area contributed by atoms with Crippen LogP contribution in [0.3, 0.4) is 0 Å². The zero-order chi connectivity index (χ0) is 14.0. The highest BCUT2D eigenvalue weighted by atomic mass is 15.3. The van der Waals surface area contributed by atoms with Crippen molar-refractivity contribution in [1.82, 2.24) is 9.80 Å². The molecule has 0 aromatic carbocycles. The number of nitrogens with zero attached hydrogens (tertiary/aromatic N) is 3. The molecule has 0 amide bonds. The van der Waals surface area contributed by atoms with Crippen LogP contribution in [0.25, 0.3) is 0 Å². The van der Waals surface area contributed by atoms with Crippen LogP contribution in [0.15, 0.2) is 0 Å². The van der Waals surface area contributed by atoms with E-state index < -0.39 is 5.54 Å². The van der Waals surface area contributed by atoms with Crippen molar-refractivity contribution in [2.24, 2.45) is 11.7 Å². The molecule has 1 heterocycles. The van der Waals surface area contributed by atoms with E-state index in [2.05, 4.69) is 36.8 Å². The Labute approximate surface area is 117 Å². The lowest BCUT2D eigenvalue weighted by Crippen LogP contribution is -2.55. The Morgan fingerprint density at radius 3 is 2.53 bits per heavy atom. The molecule has 0 spiro atoms. The first-order valence-corrected chi connectivity index (χ1v) is 7.60. The fourth-order valence-corrected chi connectivity index (χ4v) is 3.69. The second-order valence-corrected chi connectivity index (χ2v) is 6.65. The zero-order valence-corrected chi connectivity index (χ0v) is 12.6. The van der Waals surface area contributed by atoms with Crippen LogP contribution in [-0.4, -0.2) is 54.1 Å². The van der Waals surface area contributed by atoms with E-state index in [-0.39, 0.29) is 0 Å². The van der Waals surface area contributed by atoms with Crippen molar-refractivity contribution in [3.63, 3.8) is 0 Å². The van der Waals surface area contributed by atoms with Crippen LogP contribution >= 0.6 is 0 Å². The van der Waals surface area contributed by atoms with Crippen LogP contribution in [0.4, 0.5) is 0 Å². The third-order valence-corrected chi connectivity index (χ3v) is 5.31. The summed E-state index contributed by atoms with van der Waals surface area (Å²) < 4.78 is 0. The van der Waals surface area contributed by atoms with Crippen LogP contribution in [0.5, 0.6) is 0 Å². The molecule has 2 N–H and O–H groups in total. The van der Waals surface area contributed by atoms with Gasteiger partial charge in [0, 0.05) is 25.2 Å². The molecule has 1 aliphatic heterocycles. The van der Waals surface area contributed by atoms with Gasteiger partial charge in [-0.05, 0) is 52.6 Å². The second-order valence-electron chi connectivity index (χ2n) is 6.65. The molecule has 19 heavy (non-hydrogen) atoms. The third-order valence-electron chi connectivity index (χ3n) is 5.31. The maximum atomic E-state index is 9.26. The molecule has 1 saturated heterocycles. The maximum absolute atomic E-state index is 9.26. The van der Waals surface area contributed by atoms with Crippen molar-refractivity contribution in [2.75, 3.05) is 26.7 Å². The molecule has 0 aromatic heterocycles. The Bertz CT molecular complexity index is 339. The maximum Gasteiger partial charge on any atom is 0.107 e. The summed E-state index contributed by atoms with van der Waals surface area (Å²) in [6.45, 7) is 7.95. The lowest BCUT2D eigenvalue weighted by molar-refractivity contribution is 0.0557. The molecule has 0 radical (unpaired) electrons. The predicted molar refractivity (Wildman–Crippen MR) is 77.6 cm³/mol. The molecular formula is C15H28N4. The van der Waals surface area contributed by atoms with Gasteiger partial charge in [0.15, 0.2) is 0 Å². The fourth-order valence-electron chi connectivity index (χ4n) is 3.69. The predicted octanol–water partition coefficient (Wildman–Crippen LogP) is 1.42. The SMILES string of the molecule is CC1CN(CCC2CCCC2(N)C#N)CC(C)N1C. The number of piperazine rings is 1. The largest absolute Gasteiger partial charge is 0.313 e. The molecule has 0 aromatic rings. The van der Waals surface area contributed by atoms with Crippen molar-refractivity contribution >= 4 is 0 Å². The quantitative estimate of drug-likeness (QED) is 0.837. The van der Waals surface area contributed by atoms with Gasteiger partial charge >= 0.3 is 0 Å². The fraction of sp³-hybridized carbons (Fsp3) is 0.933. The highest BCUT2D eigenvalue weighted by Gasteiger charge is 2.39. The van der Waals surface area contributed by atoms with Crippen LogP contribution in [0, 0.1) is 17.2 Å². The van der Waals surface area contributed by atoms with Gasteiger partial charge in [-0.15, -0.1) is 0 Å². The average Bonchev–Trinajstić information content (AvgIpc) is 2.75. The van der Waals surface area contributed by atoms with E-state index in [0.717, 1.165) is 45.3 Å². The summed E-state index contributed by atoms with van der Waals surface area (Å²) in [5.41, 5.74) is 5.66. The van der Waals surface area contributed by atoms with Crippen molar-refractivity contribution in [1.29, 1.82) is 5.26 Å². The van der Waals surface area contributed by atoms with Gasteiger partial charge in [0.05, 0.1) is 6.07 Å². The molecule has 4 atom stereocenters. The summed E-state index contributed by atoms with van der Waals surface area (Å²) in [7, 11) is 2.21.